The highest BCUT2D eigenvalue weighted by molar-refractivity contribution is 9.10. The number of halogens is 3. The van der Waals surface area contributed by atoms with E-state index in [1.54, 1.807) is 12.4 Å². The molecule has 2 rings (SSSR count). The molecule has 0 saturated carbocycles. The Labute approximate surface area is 135 Å². The molecule has 6 heteroatoms. The lowest BCUT2D eigenvalue weighted by atomic mass is 10.2. The summed E-state index contributed by atoms with van der Waals surface area (Å²) in [6.45, 7) is 6.62. The first-order valence-electron chi connectivity index (χ1n) is 5.88. The van der Waals surface area contributed by atoms with Crippen LogP contribution in [0.25, 0.3) is 0 Å². The molecule has 1 saturated heterocycles. The largest absolute Gasteiger partial charge is 0.490 e. The van der Waals surface area contributed by atoms with E-state index in [1.165, 1.54) is 12.8 Å². The van der Waals surface area contributed by atoms with Gasteiger partial charge in [0.1, 0.15) is 12.4 Å². The first-order valence-corrected chi connectivity index (χ1v) is 6.67. The molecule has 1 aliphatic heterocycles. The summed E-state index contributed by atoms with van der Waals surface area (Å²) >= 11 is 3.39. The normalized spacial score (nSPS) is 18.3. The smallest absolute Gasteiger partial charge is 0.138 e. The van der Waals surface area contributed by atoms with Gasteiger partial charge in [-0.2, -0.15) is 0 Å². The monoisotopic (exact) mass is 368 g/mol. The zero-order chi connectivity index (χ0) is 12.1. The average molecular weight is 370 g/mol. The lowest BCUT2D eigenvalue weighted by Gasteiger charge is -2.22. The second-order valence-corrected chi connectivity index (χ2v) is 5.15. The van der Waals surface area contributed by atoms with Crippen LogP contribution in [0.4, 0.5) is 0 Å². The summed E-state index contributed by atoms with van der Waals surface area (Å²) in [7, 11) is 0. The van der Waals surface area contributed by atoms with Gasteiger partial charge in [-0.1, -0.05) is 6.08 Å². The molecule has 1 aromatic heterocycles. The minimum Gasteiger partial charge on any atom is -0.490 e. The molecule has 0 spiro atoms. The molecule has 2 heterocycles. The van der Waals surface area contributed by atoms with Crippen LogP contribution in [-0.4, -0.2) is 35.6 Å². The molecule has 3 nitrogen and oxygen atoms in total. The number of hydrogen-bond acceptors (Lipinski definition) is 3. The minimum atomic E-state index is 0. The Morgan fingerprint density at radius 3 is 2.95 bits per heavy atom. The van der Waals surface area contributed by atoms with Crippen LogP contribution in [0.5, 0.6) is 5.75 Å². The molecule has 1 aliphatic rings. The van der Waals surface area contributed by atoms with Gasteiger partial charge in [-0.05, 0) is 41.4 Å². The van der Waals surface area contributed by atoms with Gasteiger partial charge in [-0.15, -0.1) is 31.4 Å². The van der Waals surface area contributed by atoms with E-state index in [4.69, 9.17) is 4.74 Å². The summed E-state index contributed by atoms with van der Waals surface area (Å²) < 4.78 is 6.73. The molecule has 19 heavy (non-hydrogen) atoms. The van der Waals surface area contributed by atoms with Crippen molar-refractivity contribution in [3.05, 3.63) is 35.6 Å². The maximum Gasteiger partial charge on any atom is 0.138 e. The first-order chi connectivity index (χ1) is 8.29. The van der Waals surface area contributed by atoms with Crippen LogP contribution in [0, 0.1) is 0 Å². The van der Waals surface area contributed by atoms with Crippen LogP contribution in [0.15, 0.2) is 35.6 Å². The minimum absolute atomic E-state index is 0. The van der Waals surface area contributed by atoms with E-state index in [0.29, 0.717) is 6.04 Å². The maximum absolute atomic E-state index is 5.78. The van der Waals surface area contributed by atoms with Crippen molar-refractivity contribution in [3.8, 4) is 5.75 Å². The predicted molar refractivity (Wildman–Crippen MR) is 86.7 cm³/mol. The van der Waals surface area contributed by atoms with Gasteiger partial charge in [-0.3, -0.25) is 9.88 Å². The first kappa shape index (κ1) is 18.7. The third kappa shape index (κ3) is 5.69. The number of rotatable bonds is 5. The third-order valence-electron chi connectivity index (χ3n) is 2.98. The number of pyridine rings is 1. The van der Waals surface area contributed by atoms with Gasteiger partial charge in [0, 0.05) is 23.3 Å². The number of aromatic nitrogens is 1. The topological polar surface area (TPSA) is 25.4 Å². The molecule has 0 amide bonds. The Balaban J connectivity index is 0.00000162. The third-order valence-corrected chi connectivity index (χ3v) is 3.42. The zero-order valence-electron chi connectivity index (χ0n) is 10.6. The van der Waals surface area contributed by atoms with Crippen molar-refractivity contribution >= 4 is 40.7 Å². The SMILES string of the molecule is C=CCN1CCC[C@H]1COc1cncc(Br)c1.Cl.Cl. The van der Waals surface area contributed by atoms with Crippen molar-refractivity contribution in [2.75, 3.05) is 19.7 Å². The number of likely N-dealkylation sites (tertiary alicyclic amines) is 1. The Bertz CT molecular complexity index is 393. The molecule has 0 bridgehead atoms. The van der Waals surface area contributed by atoms with E-state index in [1.807, 2.05) is 12.1 Å². The van der Waals surface area contributed by atoms with E-state index in [9.17, 15) is 0 Å². The molecule has 0 N–H and O–H groups in total. The Morgan fingerprint density at radius 2 is 2.26 bits per heavy atom. The Kier molecular flexibility index (Phi) is 9.44. The van der Waals surface area contributed by atoms with Crippen molar-refractivity contribution in [1.29, 1.82) is 0 Å². The Morgan fingerprint density at radius 1 is 1.47 bits per heavy atom. The van der Waals surface area contributed by atoms with Gasteiger partial charge in [0.15, 0.2) is 0 Å². The summed E-state index contributed by atoms with van der Waals surface area (Å²) in [5, 5.41) is 0. The standard InChI is InChI=1S/C13H17BrN2O.2ClH/c1-2-5-16-6-3-4-12(16)10-17-13-7-11(14)8-15-9-13;;/h2,7-9,12H,1,3-6,10H2;2*1H/t12-;;/m0../s1. The molecule has 0 unspecified atom stereocenters. The predicted octanol–water partition coefficient (Wildman–Crippen LogP) is 3.72. The summed E-state index contributed by atoms with van der Waals surface area (Å²) in [6.07, 6.45) is 7.91. The van der Waals surface area contributed by atoms with Gasteiger partial charge < -0.3 is 4.74 Å². The van der Waals surface area contributed by atoms with Crippen molar-refractivity contribution in [2.45, 2.75) is 18.9 Å². The van der Waals surface area contributed by atoms with Gasteiger partial charge in [0.25, 0.3) is 0 Å². The summed E-state index contributed by atoms with van der Waals surface area (Å²) in [5.41, 5.74) is 0. The van der Waals surface area contributed by atoms with Crippen LogP contribution in [-0.2, 0) is 0 Å². The number of ether oxygens (including phenoxy) is 1. The second kappa shape index (κ2) is 9.59. The van der Waals surface area contributed by atoms with Crippen molar-refractivity contribution < 1.29 is 4.74 Å². The van der Waals surface area contributed by atoms with Crippen molar-refractivity contribution in [2.24, 2.45) is 0 Å². The van der Waals surface area contributed by atoms with E-state index >= 15 is 0 Å². The lowest BCUT2D eigenvalue weighted by Crippen LogP contribution is -2.34. The summed E-state index contributed by atoms with van der Waals surface area (Å²) in [6, 6.07) is 2.45. The van der Waals surface area contributed by atoms with Gasteiger partial charge in [0.2, 0.25) is 0 Å². The van der Waals surface area contributed by atoms with E-state index < -0.39 is 0 Å². The highest BCUT2D eigenvalue weighted by Gasteiger charge is 2.23. The van der Waals surface area contributed by atoms with E-state index in [-0.39, 0.29) is 24.8 Å². The Hall–Kier alpha value is -0.290. The molecular formula is C13H19BrCl2N2O. The van der Waals surface area contributed by atoms with Gasteiger partial charge in [-0.25, -0.2) is 0 Å². The highest BCUT2D eigenvalue weighted by Crippen LogP contribution is 2.20. The van der Waals surface area contributed by atoms with Gasteiger partial charge in [0.05, 0.1) is 6.20 Å². The fourth-order valence-electron chi connectivity index (χ4n) is 2.15. The van der Waals surface area contributed by atoms with Crippen LogP contribution in [0.3, 0.4) is 0 Å². The quantitative estimate of drug-likeness (QED) is 0.739. The van der Waals surface area contributed by atoms with Gasteiger partial charge >= 0.3 is 0 Å². The second-order valence-electron chi connectivity index (χ2n) is 4.23. The number of nitrogens with zero attached hydrogens (tertiary/aromatic N) is 2. The number of hydrogen-bond donors (Lipinski definition) is 0. The average Bonchev–Trinajstić information content (AvgIpc) is 2.75. The molecule has 1 atom stereocenters. The lowest BCUT2D eigenvalue weighted by molar-refractivity contribution is 0.184. The summed E-state index contributed by atoms with van der Waals surface area (Å²) in [5.74, 6) is 0.824. The molecular weight excluding hydrogens is 351 g/mol. The van der Waals surface area contributed by atoms with E-state index in [2.05, 4.69) is 32.4 Å². The van der Waals surface area contributed by atoms with E-state index in [0.717, 1.165) is 29.9 Å². The fraction of sp³-hybridized carbons (Fsp3) is 0.462. The van der Waals surface area contributed by atoms with Crippen LogP contribution in [0.2, 0.25) is 0 Å². The fourth-order valence-corrected chi connectivity index (χ4v) is 2.50. The van der Waals surface area contributed by atoms with Crippen molar-refractivity contribution in [1.82, 2.24) is 9.88 Å². The molecule has 1 aromatic rings. The van der Waals surface area contributed by atoms with Crippen LogP contribution < -0.4 is 4.74 Å². The molecule has 0 aromatic carbocycles. The molecule has 0 aliphatic carbocycles. The molecule has 1 fully saturated rings. The highest BCUT2D eigenvalue weighted by atomic mass is 79.9. The van der Waals surface area contributed by atoms with Crippen LogP contribution >= 0.6 is 40.7 Å². The van der Waals surface area contributed by atoms with Crippen LogP contribution in [0.1, 0.15) is 12.8 Å². The summed E-state index contributed by atoms with van der Waals surface area (Å²) in [4.78, 5) is 6.50. The molecule has 108 valence electrons. The zero-order valence-corrected chi connectivity index (χ0v) is 13.8. The molecule has 0 radical (unpaired) electrons. The van der Waals surface area contributed by atoms with Crippen molar-refractivity contribution in [3.63, 3.8) is 0 Å². The maximum atomic E-state index is 5.78.